The summed E-state index contributed by atoms with van der Waals surface area (Å²) >= 11 is 0. The van der Waals surface area contributed by atoms with E-state index in [1.54, 1.807) is 55.5 Å². The molecule has 9 heteroatoms. The van der Waals surface area contributed by atoms with Crippen LogP contribution in [0, 0.1) is 5.41 Å². The zero-order valence-corrected chi connectivity index (χ0v) is 16.9. The van der Waals surface area contributed by atoms with Gasteiger partial charge in [-0.3, -0.25) is 4.79 Å². The number of aryl methyl sites for hydroxylation is 1. The molecule has 0 aliphatic carbocycles. The van der Waals surface area contributed by atoms with E-state index in [1.807, 2.05) is 4.90 Å². The van der Waals surface area contributed by atoms with Gasteiger partial charge >= 0.3 is 0 Å². The molecule has 0 bridgehead atoms. The molecule has 0 N–H and O–H groups in total. The number of fused-ring (bicyclic) bond motifs is 1. The molecule has 1 spiro atoms. The third kappa shape index (κ3) is 3.18. The number of rotatable bonds is 1. The molecule has 0 radical (unpaired) electrons. The number of amides is 1. The Bertz CT molecular complexity index is 993. The Morgan fingerprint density at radius 2 is 1.89 bits per heavy atom. The van der Waals surface area contributed by atoms with Crippen molar-refractivity contribution in [2.24, 2.45) is 12.5 Å². The quantitative estimate of drug-likeness (QED) is 0.716. The molecular formula is C19H24N4O4S. The van der Waals surface area contributed by atoms with Crippen LogP contribution in [0.15, 0.2) is 41.7 Å². The Hall–Kier alpha value is -2.39. The minimum atomic E-state index is -3.61. The Morgan fingerprint density at radius 3 is 2.57 bits per heavy atom. The normalized spacial score (nSPS) is 21.4. The number of benzene rings is 1. The third-order valence-electron chi connectivity index (χ3n) is 5.78. The summed E-state index contributed by atoms with van der Waals surface area (Å²) in [7, 11) is -0.196. The van der Waals surface area contributed by atoms with Crippen molar-refractivity contribution in [1.29, 1.82) is 0 Å². The lowest BCUT2D eigenvalue weighted by Gasteiger charge is -2.44. The van der Waals surface area contributed by atoms with E-state index < -0.39 is 10.0 Å². The summed E-state index contributed by atoms with van der Waals surface area (Å²) in [4.78, 5) is 18.8. The van der Waals surface area contributed by atoms with Gasteiger partial charge in [-0.15, -0.1) is 0 Å². The zero-order valence-electron chi connectivity index (χ0n) is 16.0. The number of aromatic nitrogens is 2. The largest absolute Gasteiger partial charge is 0.492 e. The van der Waals surface area contributed by atoms with Gasteiger partial charge in [0.25, 0.3) is 5.91 Å². The Morgan fingerprint density at radius 1 is 1.18 bits per heavy atom. The molecule has 150 valence electrons. The molecular weight excluding hydrogens is 380 g/mol. The average Bonchev–Trinajstić information content (AvgIpc) is 3.12. The number of ether oxygens (including phenoxy) is 1. The number of carbonyl (C=O) groups excluding carboxylic acids is 1. The van der Waals surface area contributed by atoms with Gasteiger partial charge in [0.2, 0.25) is 10.0 Å². The summed E-state index contributed by atoms with van der Waals surface area (Å²) in [5, 5.41) is 0. The molecule has 4 rings (SSSR count). The summed E-state index contributed by atoms with van der Waals surface area (Å²) in [5.74, 6) is 0.342. The predicted molar refractivity (Wildman–Crippen MR) is 103 cm³/mol. The van der Waals surface area contributed by atoms with Gasteiger partial charge in [0.15, 0.2) is 0 Å². The molecule has 1 fully saturated rings. The highest BCUT2D eigenvalue weighted by molar-refractivity contribution is 7.89. The van der Waals surface area contributed by atoms with Crippen molar-refractivity contribution in [2.45, 2.75) is 17.7 Å². The number of hydrogen-bond acceptors (Lipinski definition) is 5. The summed E-state index contributed by atoms with van der Waals surface area (Å²) in [6.07, 6.45) is 4.54. The number of hydrogen-bond donors (Lipinski definition) is 0. The molecule has 0 atom stereocenters. The first-order valence-corrected chi connectivity index (χ1v) is 10.7. The Kier molecular flexibility index (Phi) is 4.67. The maximum atomic E-state index is 12.9. The molecule has 8 nitrogen and oxygen atoms in total. The van der Waals surface area contributed by atoms with E-state index in [4.69, 9.17) is 4.74 Å². The lowest BCUT2D eigenvalue weighted by molar-refractivity contribution is 0.0319. The monoisotopic (exact) mass is 404 g/mol. The highest BCUT2D eigenvalue weighted by atomic mass is 32.2. The molecule has 1 amide bonds. The minimum Gasteiger partial charge on any atom is -0.492 e. The van der Waals surface area contributed by atoms with Crippen LogP contribution in [-0.4, -0.2) is 66.4 Å². The molecule has 2 aliphatic heterocycles. The average molecular weight is 404 g/mol. The number of para-hydroxylation sites is 1. The van der Waals surface area contributed by atoms with Crippen LogP contribution in [0.1, 0.15) is 23.3 Å². The summed E-state index contributed by atoms with van der Waals surface area (Å²) < 4.78 is 35.0. The van der Waals surface area contributed by atoms with E-state index in [2.05, 4.69) is 4.98 Å². The number of carbonyl (C=O) groups is 1. The maximum Gasteiger partial charge on any atom is 0.272 e. The number of sulfonamides is 1. The second kappa shape index (κ2) is 6.89. The van der Waals surface area contributed by atoms with E-state index in [-0.39, 0.29) is 16.2 Å². The first-order chi connectivity index (χ1) is 13.3. The summed E-state index contributed by atoms with van der Waals surface area (Å²) in [6, 6.07) is 6.75. The first kappa shape index (κ1) is 18.9. The molecule has 2 aromatic rings. The molecule has 28 heavy (non-hydrogen) atoms. The van der Waals surface area contributed by atoms with Crippen LogP contribution in [0.2, 0.25) is 0 Å². The Balaban J connectivity index is 1.54. The van der Waals surface area contributed by atoms with Crippen molar-refractivity contribution >= 4 is 15.9 Å². The standard InChI is InChI=1S/C19H24N4O4S/c1-21-14-20-11-15(21)18(24)23-9-7-19(8-10-23)12-22(2)28(25,26)17-6-4-3-5-16(17)27-13-19/h3-6,11,14H,7-10,12-13H2,1-2H3. The van der Waals surface area contributed by atoms with Crippen LogP contribution in [-0.2, 0) is 17.1 Å². The van der Waals surface area contributed by atoms with Crippen molar-refractivity contribution in [3.05, 3.63) is 42.5 Å². The lowest BCUT2D eigenvalue weighted by atomic mass is 9.78. The first-order valence-electron chi connectivity index (χ1n) is 9.26. The summed E-state index contributed by atoms with van der Waals surface area (Å²) in [5.41, 5.74) is 0.233. The van der Waals surface area contributed by atoms with Gasteiger partial charge in [-0.25, -0.2) is 17.7 Å². The fourth-order valence-electron chi connectivity index (χ4n) is 4.00. The van der Waals surface area contributed by atoms with Crippen LogP contribution in [0.4, 0.5) is 0 Å². The summed E-state index contributed by atoms with van der Waals surface area (Å²) in [6.45, 7) is 1.92. The van der Waals surface area contributed by atoms with Crippen LogP contribution in [0.3, 0.4) is 0 Å². The van der Waals surface area contributed by atoms with Gasteiger partial charge in [0.05, 0.1) is 19.1 Å². The topological polar surface area (TPSA) is 84.7 Å². The maximum absolute atomic E-state index is 12.9. The van der Waals surface area contributed by atoms with Crippen molar-refractivity contribution in [3.63, 3.8) is 0 Å². The highest BCUT2D eigenvalue weighted by Crippen LogP contribution is 2.38. The van der Waals surface area contributed by atoms with E-state index in [0.717, 1.165) is 0 Å². The SMILES string of the molecule is CN1CC2(CCN(C(=O)c3cncn3C)CC2)COc2ccccc2S1(=O)=O. The van der Waals surface area contributed by atoms with Gasteiger partial charge in [0, 0.05) is 39.1 Å². The van der Waals surface area contributed by atoms with Crippen LogP contribution in [0.5, 0.6) is 5.75 Å². The fourth-order valence-corrected chi connectivity index (χ4v) is 5.41. The van der Waals surface area contributed by atoms with Crippen LogP contribution in [0.25, 0.3) is 0 Å². The number of piperidine rings is 1. The smallest absolute Gasteiger partial charge is 0.272 e. The van der Waals surface area contributed by atoms with E-state index >= 15 is 0 Å². The van der Waals surface area contributed by atoms with E-state index in [1.165, 1.54) is 4.31 Å². The molecule has 3 heterocycles. The molecule has 1 aromatic heterocycles. The number of imidazole rings is 1. The molecule has 1 aromatic carbocycles. The Labute approximate surface area is 164 Å². The van der Waals surface area contributed by atoms with Gasteiger partial charge < -0.3 is 14.2 Å². The predicted octanol–water partition coefficient (Wildman–Crippen LogP) is 1.36. The van der Waals surface area contributed by atoms with Gasteiger partial charge in [-0.1, -0.05) is 12.1 Å². The van der Waals surface area contributed by atoms with E-state index in [9.17, 15) is 13.2 Å². The van der Waals surface area contributed by atoms with Gasteiger partial charge in [0.1, 0.15) is 16.3 Å². The third-order valence-corrected chi connectivity index (χ3v) is 7.62. The van der Waals surface area contributed by atoms with Crippen LogP contribution >= 0.6 is 0 Å². The van der Waals surface area contributed by atoms with Gasteiger partial charge in [-0.2, -0.15) is 0 Å². The number of nitrogens with zero attached hydrogens (tertiary/aromatic N) is 4. The minimum absolute atomic E-state index is 0.0482. The van der Waals surface area contributed by atoms with Crippen molar-refractivity contribution in [2.75, 3.05) is 33.3 Å². The lowest BCUT2D eigenvalue weighted by Crippen LogP contribution is -2.51. The zero-order chi connectivity index (χ0) is 19.9. The molecule has 2 aliphatic rings. The van der Waals surface area contributed by atoms with Crippen molar-refractivity contribution < 1.29 is 17.9 Å². The fraction of sp³-hybridized carbons (Fsp3) is 0.474. The van der Waals surface area contributed by atoms with Crippen molar-refractivity contribution in [1.82, 2.24) is 18.8 Å². The van der Waals surface area contributed by atoms with Crippen molar-refractivity contribution in [3.8, 4) is 5.75 Å². The number of likely N-dealkylation sites (tertiary alicyclic amines) is 1. The highest BCUT2D eigenvalue weighted by Gasteiger charge is 2.42. The van der Waals surface area contributed by atoms with Gasteiger partial charge in [-0.05, 0) is 25.0 Å². The second-order valence-electron chi connectivity index (χ2n) is 7.68. The molecule has 0 unspecified atom stereocenters. The molecule has 1 saturated heterocycles. The van der Waals surface area contributed by atoms with Crippen LogP contribution < -0.4 is 4.74 Å². The van der Waals surface area contributed by atoms with E-state index in [0.29, 0.717) is 50.5 Å². The second-order valence-corrected chi connectivity index (χ2v) is 9.69. The molecule has 0 saturated carbocycles.